The molecule has 9 nitrogen and oxygen atoms in total. The standard InChI is InChI=1S/C23H27N7O2/c1-23(2,25)21(31)30-9-7-29(8-10-30)20-6-4-16-17(27-20)12-15(13-26-16)14-3-5-19-18(11-14)28-22(24)32-19/h3-6,11-13,22,28H,7-10,24-25H2,1-2H3. The molecule has 5 rings (SSSR count). The molecule has 0 saturated carbocycles. The Hall–Kier alpha value is -3.43. The van der Waals surface area contributed by atoms with Crippen LogP contribution in [0.2, 0.25) is 0 Å². The third kappa shape index (κ3) is 3.80. The molecule has 0 radical (unpaired) electrons. The smallest absolute Gasteiger partial charge is 0.242 e. The van der Waals surface area contributed by atoms with Gasteiger partial charge in [-0.25, -0.2) is 4.98 Å². The molecule has 166 valence electrons. The van der Waals surface area contributed by atoms with Crippen molar-refractivity contribution in [3.63, 3.8) is 0 Å². The van der Waals surface area contributed by atoms with Crippen molar-refractivity contribution in [1.29, 1.82) is 0 Å². The summed E-state index contributed by atoms with van der Waals surface area (Å²) in [5.41, 5.74) is 15.4. The molecule has 1 aromatic carbocycles. The number of ether oxygens (including phenoxy) is 1. The van der Waals surface area contributed by atoms with Crippen LogP contribution in [0.15, 0.2) is 42.6 Å². The molecule has 2 aromatic heterocycles. The summed E-state index contributed by atoms with van der Waals surface area (Å²) in [4.78, 5) is 25.9. The first-order valence-corrected chi connectivity index (χ1v) is 10.7. The zero-order valence-electron chi connectivity index (χ0n) is 18.2. The second-order valence-electron chi connectivity index (χ2n) is 8.83. The molecular formula is C23H27N7O2. The SMILES string of the molecule is CC(C)(N)C(=O)N1CCN(c2ccc3ncc(-c4ccc5c(c4)NC(N)O5)cc3n2)CC1. The van der Waals surface area contributed by atoms with E-state index < -0.39 is 11.9 Å². The van der Waals surface area contributed by atoms with Gasteiger partial charge in [0.05, 0.1) is 22.3 Å². The van der Waals surface area contributed by atoms with Gasteiger partial charge in [-0.2, -0.15) is 0 Å². The first-order chi connectivity index (χ1) is 15.3. The number of anilines is 2. The molecule has 1 amide bonds. The highest BCUT2D eigenvalue weighted by molar-refractivity contribution is 5.86. The van der Waals surface area contributed by atoms with Crippen molar-refractivity contribution in [1.82, 2.24) is 14.9 Å². The van der Waals surface area contributed by atoms with Crippen molar-refractivity contribution in [3.8, 4) is 16.9 Å². The molecule has 32 heavy (non-hydrogen) atoms. The molecule has 0 spiro atoms. The van der Waals surface area contributed by atoms with Crippen LogP contribution < -0.4 is 26.4 Å². The van der Waals surface area contributed by atoms with E-state index in [0.717, 1.165) is 39.4 Å². The van der Waals surface area contributed by atoms with Gasteiger partial charge in [0.1, 0.15) is 11.6 Å². The molecule has 2 aliphatic heterocycles. The zero-order valence-corrected chi connectivity index (χ0v) is 18.2. The Morgan fingerprint density at radius 1 is 1.09 bits per heavy atom. The highest BCUT2D eigenvalue weighted by atomic mass is 16.5. The molecule has 2 aliphatic rings. The highest BCUT2D eigenvalue weighted by Crippen LogP contribution is 2.35. The number of piperazine rings is 1. The van der Waals surface area contributed by atoms with E-state index in [-0.39, 0.29) is 5.91 Å². The van der Waals surface area contributed by atoms with Crippen molar-refractivity contribution < 1.29 is 9.53 Å². The fourth-order valence-corrected chi connectivity index (χ4v) is 4.12. The topological polar surface area (TPSA) is 123 Å². The van der Waals surface area contributed by atoms with E-state index >= 15 is 0 Å². The largest absolute Gasteiger partial charge is 0.456 e. The number of rotatable bonds is 3. The van der Waals surface area contributed by atoms with Crippen molar-refractivity contribution >= 4 is 28.4 Å². The number of amides is 1. The first kappa shape index (κ1) is 20.5. The monoisotopic (exact) mass is 433 g/mol. The van der Waals surface area contributed by atoms with Crippen molar-refractivity contribution in [3.05, 3.63) is 42.6 Å². The van der Waals surface area contributed by atoms with Gasteiger partial charge in [-0.05, 0) is 49.7 Å². The van der Waals surface area contributed by atoms with Crippen LogP contribution >= 0.6 is 0 Å². The fraction of sp³-hybridized carbons (Fsp3) is 0.348. The van der Waals surface area contributed by atoms with Crippen LogP contribution in [0.4, 0.5) is 11.5 Å². The average Bonchev–Trinajstić information content (AvgIpc) is 3.16. The van der Waals surface area contributed by atoms with Crippen molar-refractivity contribution in [2.75, 3.05) is 36.4 Å². The molecule has 3 aromatic rings. The van der Waals surface area contributed by atoms with Crippen LogP contribution in [0.3, 0.4) is 0 Å². The van der Waals surface area contributed by atoms with Crippen LogP contribution in [0, 0.1) is 0 Å². The number of benzene rings is 1. The minimum atomic E-state index is -0.851. The van der Waals surface area contributed by atoms with Gasteiger partial charge in [0.25, 0.3) is 0 Å². The third-order valence-electron chi connectivity index (χ3n) is 5.83. The molecule has 0 aliphatic carbocycles. The Morgan fingerprint density at radius 3 is 2.62 bits per heavy atom. The lowest BCUT2D eigenvalue weighted by atomic mass is 10.0. The third-order valence-corrected chi connectivity index (χ3v) is 5.83. The highest BCUT2D eigenvalue weighted by Gasteiger charge is 2.30. The van der Waals surface area contributed by atoms with Crippen LogP contribution in [0.25, 0.3) is 22.2 Å². The number of hydrogen-bond donors (Lipinski definition) is 3. The Morgan fingerprint density at radius 2 is 1.88 bits per heavy atom. The predicted molar refractivity (Wildman–Crippen MR) is 124 cm³/mol. The van der Waals surface area contributed by atoms with Gasteiger partial charge in [0.15, 0.2) is 0 Å². The number of nitrogens with two attached hydrogens (primary N) is 2. The number of nitrogens with one attached hydrogen (secondary N) is 1. The number of carbonyl (C=O) groups excluding carboxylic acids is 1. The van der Waals surface area contributed by atoms with Crippen LogP contribution in [-0.2, 0) is 4.79 Å². The fourth-order valence-electron chi connectivity index (χ4n) is 4.12. The van der Waals surface area contributed by atoms with Crippen molar-refractivity contribution in [2.24, 2.45) is 11.5 Å². The van der Waals surface area contributed by atoms with E-state index in [1.165, 1.54) is 0 Å². The maximum absolute atomic E-state index is 12.4. The van der Waals surface area contributed by atoms with E-state index in [1.54, 1.807) is 13.8 Å². The van der Waals surface area contributed by atoms with Crippen LogP contribution in [-0.4, -0.2) is 58.8 Å². The Kier molecular flexibility index (Phi) is 4.87. The van der Waals surface area contributed by atoms with Gasteiger partial charge in [-0.3, -0.25) is 15.5 Å². The van der Waals surface area contributed by atoms with Gasteiger partial charge in [-0.1, -0.05) is 6.07 Å². The molecule has 0 bridgehead atoms. The number of aromatic nitrogens is 2. The summed E-state index contributed by atoms with van der Waals surface area (Å²) in [6.45, 7) is 6.17. The number of hydrogen-bond acceptors (Lipinski definition) is 8. The number of nitrogens with zero attached hydrogens (tertiary/aromatic N) is 4. The van der Waals surface area contributed by atoms with Crippen LogP contribution in [0.1, 0.15) is 13.8 Å². The van der Waals surface area contributed by atoms with E-state index in [0.29, 0.717) is 26.2 Å². The van der Waals surface area contributed by atoms with E-state index in [4.69, 9.17) is 21.2 Å². The lowest BCUT2D eigenvalue weighted by Crippen LogP contribution is -2.57. The summed E-state index contributed by atoms with van der Waals surface area (Å²) in [6, 6.07) is 11.9. The normalized spacial score (nSPS) is 18.3. The molecule has 1 fully saturated rings. The van der Waals surface area contributed by atoms with Gasteiger partial charge in [0, 0.05) is 37.9 Å². The van der Waals surface area contributed by atoms with Crippen LogP contribution in [0.5, 0.6) is 5.75 Å². The molecular weight excluding hydrogens is 406 g/mol. The number of fused-ring (bicyclic) bond motifs is 2. The number of pyridine rings is 2. The lowest BCUT2D eigenvalue weighted by molar-refractivity contribution is -0.136. The summed E-state index contributed by atoms with van der Waals surface area (Å²) in [5.74, 6) is 1.60. The molecule has 9 heteroatoms. The lowest BCUT2D eigenvalue weighted by Gasteiger charge is -2.38. The van der Waals surface area contributed by atoms with Gasteiger partial charge in [0.2, 0.25) is 12.3 Å². The minimum Gasteiger partial charge on any atom is -0.456 e. The number of carbonyl (C=O) groups is 1. The Labute approximate surface area is 186 Å². The first-order valence-electron chi connectivity index (χ1n) is 10.7. The van der Waals surface area contributed by atoms with E-state index in [1.807, 2.05) is 47.5 Å². The Balaban J connectivity index is 1.37. The molecule has 1 unspecified atom stereocenters. The van der Waals surface area contributed by atoms with E-state index in [2.05, 4.69) is 15.2 Å². The second-order valence-corrected chi connectivity index (χ2v) is 8.83. The quantitative estimate of drug-likeness (QED) is 0.571. The molecule has 1 saturated heterocycles. The van der Waals surface area contributed by atoms with E-state index in [9.17, 15) is 4.79 Å². The summed E-state index contributed by atoms with van der Waals surface area (Å²) in [5, 5.41) is 3.09. The summed E-state index contributed by atoms with van der Waals surface area (Å²) < 4.78 is 5.49. The van der Waals surface area contributed by atoms with Gasteiger partial charge in [-0.15, -0.1) is 0 Å². The molecule has 4 heterocycles. The average molecular weight is 434 g/mol. The predicted octanol–water partition coefficient (Wildman–Crippen LogP) is 1.73. The summed E-state index contributed by atoms with van der Waals surface area (Å²) in [7, 11) is 0. The summed E-state index contributed by atoms with van der Waals surface area (Å²) >= 11 is 0. The minimum absolute atomic E-state index is 0.0207. The van der Waals surface area contributed by atoms with Crippen molar-refractivity contribution in [2.45, 2.75) is 25.7 Å². The Bertz CT molecular complexity index is 1180. The summed E-state index contributed by atoms with van der Waals surface area (Å²) in [6.07, 6.45) is 1.32. The molecule has 1 atom stereocenters. The molecule has 5 N–H and O–H groups in total. The maximum Gasteiger partial charge on any atom is 0.242 e. The van der Waals surface area contributed by atoms with Gasteiger partial charge >= 0.3 is 0 Å². The zero-order chi connectivity index (χ0) is 22.5. The second kappa shape index (κ2) is 7.61. The van der Waals surface area contributed by atoms with Gasteiger partial charge < -0.3 is 25.6 Å². The maximum atomic E-state index is 12.4.